The average Bonchev–Trinajstić information content (AvgIpc) is 2.71. The van der Waals surface area contributed by atoms with Crippen LogP contribution in [0.1, 0.15) is 50.7 Å². The number of nitrogens with two attached hydrogens (primary N) is 1. The minimum absolute atomic E-state index is 0.292. The Labute approximate surface area is 178 Å². The van der Waals surface area contributed by atoms with E-state index < -0.39 is 0 Å². The number of carbonyl (C=O) groups is 1. The maximum absolute atomic E-state index is 12.9. The fourth-order valence-corrected chi connectivity index (χ4v) is 3.28. The fraction of sp³-hybridized carbons (Fsp3) is 0.240. The van der Waals surface area contributed by atoms with Gasteiger partial charge in [-0.15, -0.1) is 0 Å². The normalized spacial score (nSPS) is 10.9. The van der Waals surface area contributed by atoms with E-state index in [-0.39, 0.29) is 6.03 Å². The van der Waals surface area contributed by atoms with E-state index in [9.17, 15) is 4.79 Å². The van der Waals surface area contributed by atoms with Crippen LogP contribution in [-0.4, -0.2) is 6.03 Å². The number of carbonyl (C=O) groups excluding carboxylic acids is 1. The number of para-hydroxylation sites is 3. The van der Waals surface area contributed by atoms with Crippen molar-refractivity contribution in [2.75, 3.05) is 16.4 Å². The van der Waals surface area contributed by atoms with Crippen LogP contribution in [0.5, 0.6) is 11.5 Å². The van der Waals surface area contributed by atoms with Crippen LogP contribution < -0.4 is 21.1 Å². The van der Waals surface area contributed by atoms with Gasteiger partial charge in [0.1, 0.15) is 5.75 Å². The minimum atomic E-state index is -0.307. The Hall–Kier alpha value is -3.47. The Kier molecular flexibility index (Phi) is 6.62. The third-order valence-electron chi connectivity index (χ3n) is 4.85. The summed E-state index contributed by atoms with van der Waals surface area (Å²) in [6.45, 7) is 8.49. The second-order valence-corrected chi connectivity index (χ2v) is 7.87. The second-order valence-electron chi connectivity index (χ2n) is 7.87. The largest absolute Gasteiger partial charge is 0.455 e. The molecule has 3 aromatic rings. The summed E-state index contributed by atoms with van der Waals surface area (Å²) in [5, 5.41) is 5.99. The van der Waals surface area contributed by atoms with E-state index in [0.29, 0.717) is 34.7 Å². The molecule has 5 heteroatoms. The van der Waals surface area contributed by atoms with Gasteiger partial charge in [0.2, 0.25) is 0 Å². The van der Waals surface area contributed by atoms with E-state index >= 15 is 0 Å². The lowest BCUT2D eigenvalue weighted by molar-refractivity contribution is 0.262. The van der Waals surface area contributed by atoms with Crippen LogP contribution in [0.2, 0.25) is 0 Å². The summed E-state index contributed by atoms with van der Waals surface area (Å²) in [5.41, 5.74) is 10.1. The Balaban J connectivity index is 1.82. The molecule has 3 aromatic carbocycles. The lowest BCUT2D eigenvalue weighted by Crippen LogP contribution is -2.22. The molecule has 0 spiro atoms. The quantitative estimate of drug-likeness (QED) is 0.390. The Bertz CT molecular complexity index is 985. The van der Waals surface area contributed by atoms with Crippen molar-refractivity contribution >= 4 is 23.1 Å². The van der Waals surface area contributed by atoms with Gasteiger partial charge in [0.05, 0.1) is 5.69 Å². The second kappa shape index (κ2) is 9.35. The van der Waals surface area contributed by atoms with Crippen LogP contribution >= 0.6 is 0 Å². The average molecular weight is 404 g/mol. The molecular formula is C25H29N3O2. The molecule has 3 rings (SSSR count). The van der Waals surface area contributed by atoms with Crippen LogP contribution in [0, 0.1) is 0 Å². The van der Waals surface area contributed by atoms with Crippen LogP contribution in [0.15, 0.2) is 66.7 Å². The third kappa shape index (κ3) is 5.11. The molecule has 0 aliphatic carbocycles. The molecule has 156 valence electrons. The zero-order chi connectivity index (χ0) is 21.7. The summed E-state index contributed by atoms with van der Waals surface area (Å²) in [7, 11) is 0. The van der Waals surface area contributed by atoms with Gasteiger partial charge in [-0.25, -0.2) is 4.79 Å². The van der Waals surface area contributed by atoms with Crippen LogP contribution in [0.4, 0.5) is 21.9 Å². The van der Waals surface area contributed by atoms with Crippen LogP contribution in [0.25, 0.3) is 0 Å². The number of urea groups is 1. The molecule has 5 nitrogen and oxygen atoms in total. The molecule has 0 bridgehead atoms. The first kappa shape index (κ1) is 21.2. The minimum Gasteiger partial charge on any atom is -0.455 e. The number of anilines is 3. The molecule has 0 atom stereocenters. The van der Waals surface area contributed by atoms with E-state index in [1.807, 2.05) is 30.3 Å². The van der Waals surface area contributed by atoms with Gasteiger partial charge in [-0.1, -0.05) is 58.0 Å². The molecule has 0 fully saturated rings. The van der Waals surface area contributed by atoms with Gasteiger partial charge in [0, 0.05) is 11.4 Å². The number of hydrogen-bond donors (Lipinski definition) is 3. The Morgan fingerprint density at radius 2 is 1.40 bits per heavy atom. The maximum Gasteiger partial charge on any atom is 0.323 e. The highest BCUT2D eigenvalue weighted by Gasteiger charge is 2.17. The van der Waals surface area contributed by atoms with Crippen molar-refractivity contribution in [3.63, 3.8) is 0 Å². The van der Waals surface area contributed by atoms with Crippen molar-refractivity contribution in [2.24, 2.45) is 0 Å². The number of ether oxygens (including phenoxy) is 1. The van der Waals surface area contributed by atoms with E-state index in [2.05, 4.69) is 50.5 Å². The standard InChI is InChI=1S/C25H29N3O2/c1-16(2)20-8-7-9-21(17(3)4)24(20)28-25(29)27-22-10-5-6-11-23(22)30-19-14-12-18(26)13-15-19/h5-17H,26H2,1-4H3,(H2,27,28,29). The molecule has 4 N–H and O–H groups in total. The van der Waals surface area contributed by atoms with Gasteiger partial charge >= 0.3 is 6.03 Å². The van der Waals surface area contributed by atoms with Gasteiger partial charge < -0.3 is 21.1 Å². The fourth-order valence-electron chi connectivity index (χ4n) is 3.28. The SMILES string of the molecule is CC(C)c1cccc(C(C)C)c1NC(=O)Nc1ccccc1Oc1ccc(N)cc1. The topological polar surface area (TPSA) is 76.4 Å². The number of nitrogens with one attached hydrogen (secondary N) is 2. The summed E-state index contributed by atoms with van der Waals surface area (Å²) in [5.74, 6) is 1.78. The zero-order valence-corrected chi connectivity index (χ0v) is 17.9. The molecule has 0 radical (unpaired) electrons. The van der Waals surface area contributed by atoms with Crippen molar-refractivity contribution in [3.8, 4) is 11.5 Å². The molecule has 0 aromatic heterocycles. The third-order valence-corrected chi connectivity index (χ3v) is 4.85. The van der Waals surface area contributed by atoms with Crippen molar-refractivity contribution < 1.29 is 9.53 Å². The zero-order valence-electron chi connectivity index (χ0n) is 17.9. The predicted molar refractivity (Wildman–Crippen MR) is 125 cm³/mol. The van der Waals surface area contributed by atoms with Gasteiger partial charge in [0.15, 0.2) is 5.75 Å². The lowest BCUT2D eigenvalue weighted by atomic mass is 9.93. The summed E-state index contributed by atoms with van der Waals surface area (Å²) in [6.07, 6.45) is 0. The summed E-state index contributed by atoms with van der Waals surface area (Å²) < 4.78 is 5.94. The van der Waals surface area contributed by atoms with E-state index in [1.54, 1.807) is 24.3 Å². The highest BCUT2D eigenvalue weighted by atomic mass is 16.5. The molecule has 0 heterocycles. The lowest BCUT2D eigenvalue weighted by Gasteiger charge is -2.20. The first-order valence-corrected chi connectivity index (χ1v) is 10.2. The number of amides is 2. The molecule has 0 aliphatic rings. The first-order chi connectivity index (χ1) is 14.3. The predicted octanol–water partition coefficient (Wildman–Crippen LogP) is 6.95. The molecule has 0 unspecified atom stereocenters. The molecule has 2 amide bonds. The van der Waals surface area contributed by atoms with E-state index in [0.717, 1.165) is 16.8 Å². The highest BCUT2D eigenvalue weighted by molar-refractivity contribution is 6.01. The van der Waals surface area contributed by atoms with E-state index in [1.165, 1.54) is 0 Å². The summed E-state index contributed by atoms with van der Waals surface area (Å²) >= 11 is 0. The smallest absolute Gasteiger partial charge is 0.323 e. The highest BCUT2D eigenvalue weighted by Crippen LogP contribution is 2.33. The van der Waals surface area contributed by atoms with Gasteiger partial charge in [0.25, 0.3) is 0 Å². The van der Waals surface area contributed by atoms with Gasteiger partial charge in [-0.3, -0.25) is 0 Å². The van der Waals surface area contributed by atoms with Crippen molar-refractivity contribution in [2.45, 2.75) is 39.5 Å². The van der Waals surface area contributed by atoms with Crippen molar-refractivity contribution in [1.29, 1.82) is 0 Å². The van der Waals surface area contributed by atoms with Gasteiger partial charge in [-0.05, 0) is 59.4 Å². The van der Waals surface area contributed by atoms with Crippen molar-refractivity contribution in [3.05, 3.63) is 77.9 Å². The molecular weight excluding hydrogens is 374 g/mol. The Morgan fingerprint density at radius 3 is 2.00 bits per heavy atom. The van der Waals surface area contributed by atoms with E-state index in [4.69, 9.17) is 10.5 Å². The molecule has 0 saturated carbocycles. The number of nitrogen functional groups attached to an aromatic ring is 1. The summed E-state index contributed by atoms with van der Waals surface area (Å²) in [4.78, 5) is 12.9. The molecule has 30 heavy (non-hydrogen) atoms. The maximum atomic E-state index is 12.9. The monoisotopic (exact) mass is 403 g/mol. The van der Waals surface area contributed by atoms with Crippen LogP contribution in [-0.2, 0) is 0 Å². The molecule has 0 saturated heterocycles. The number of hydrogen-bond acceptors (Lipinski definition) is 3. The first-order valence-electron chi connectivity index (χ1n) is 10.2. The van der Waals surface area contributed by atoms with Crippen LogP contribution in [0.3, 0.4) is 0 Å². The Morgan fingerprint density at radius 1 is 0.800 bits per heavy atom. The van der Waals surface area contributed by atoms with Crippen molar-refractivity contribution in [1.82, 2.24) is 0 Å². The summed E-state index contributed by atoms with van der Waals surface area (Å²) in [6, 6.07) is 20.3. The molecule has 0 aliphatic heterocycles. The van der Waals surface area contributed by atoms with Gasteiger partial charge in [-0.2, -0.15) is 0 Å². The number of benzene rings is 3. The number of rotatable bonds is 6.